The molecule has 1 aliphatic rings. The summed E-state index contributed by atoms with van der Waals surface area (Å²) in [6, 6.07) is 8.44. The summed E-state index contributed by atoms with van der Waals surface area (Å²) in [5.41, 5.74) is 4.41. The fraction of sp³-hybridized carbons (Fsp3) is 0.621. The molecule has 0 bridgehead atoms. The van der Waals surface area contributed by atoms with Gasteiger partial charge < -0.3 is 51.3 Å². The van der Waals surface area contributed by atoms with Gasteiger partial charge >= 0.3 is 0 Å². The molecule has 2 aromatic carbocycles. The molecule has 1 heterocycles. The van der Waals surface area contributed by atoms with Gasteiger partial charge in [0.2, 0.25) is 53.2 Å². The van der Waals surface area contributed by atoms with Crippen molar-refractivity contribution in [2.45, 2.75) is 156 Å². The van der Waals surface area contributed by atoms with Crippen LogP contribution in [0.5, 0.6) is 0 Å². The molecule has 22 heteroatoms. The molecular formula is C58H91N11O11. The Labute approximate surface area is 473 Å². The molecule has 1 aliphatic heterocycles. The van der Waals surface area contributed by atoms with E-state index in [9.17, 15) is 53.1 Å². The standard InChI is InChI=1S/C58H91N11O11/c1-15-37(6)49(58(80)65(11)40(9)51(73)60-30-28-48(71)59-10)64-53(75)46(33-42-25-20-17-21-26-42)67(13)56(78)44-27-22-29-61-69(44)57(79)47(34-70)68(14)55(77)43(31-35(2)3)63-52(74)45(32-41-23-18-16-19-24-41)66(12)54(76)39(8)62-50(72)38(7)36(4)5/h16-21,23-26,35-40,43-47,49,61,70H,15,22,27-34H2,1-14H3,(H,59,71)(H,60,73)(H,62,72)(H,63,74)(H,64,75)/t37?,38?,39?,40?,43?,44?,45?,46-,47?,49?/m1/s1. The van der Waals surface area contributed by atoms with E-state index >= 15 is 0 Å². The third-order valence-electron chi connectivity index (χ3n) is 15.3. The summed E-state index contributed by atoms with van der Waals surface area (Å²) in [6.45, 7) is 15.4. The molecule has 80 heavy (non-hydrogen) atoms. The average Bonchev–Trinajstić information content (AvgIpc) is 3.50. The van der Waals surface area contributed by atoms with Crippen LogP contribution in [0.25, 0.3) is 0 Å². The monoisotopic (exact) mass is 1120 g/mol. The molecule has 10 amide bonds. The number of hydrazine groups is 1. The zero-order valence-corrected chi connectivity index (χ0v) is 49.5. The number of amides is 10. The minimum atomic E-state index is -1.56. The smallest absolute Gasteiger partial charge is 0.262 e. The Morgan fingerprint density at radius 2 is 1.20 bits per heavy atom. The molecule has 9 unspecified atom stereocenters. The Morgan fingerprint density at radius 3 is 1.71 bits per heavy atom. The normalized spacial score (nSPS) is 16.7. The third-order valence-corrected chi connectivity index (χ3v) is 15.3. The van der Waals surface area contributed by atoms with Gasteiger partial charge in [0, 0.05) is 73.5 Å². The number of likely N-dealkylation sites (N-methyl/N-ethyl adjacent to an activating group) is 4. The predicted molar refractivity (Wildman–Crippen MR) is 303 cm³/mol. The van der Waals surface area contributed by atoms with Gasteiger partial charge in [0.05, 0.1) is 6.61 Å². The first kappa shape index (κ1) is 67.3. The number of nitrogens with one attached hydrogen (secondary N) is 6. The summed E-state index contributed by atoms with van der Waals surface area (Å²) in [5, 5.41) is 25.7. The number of hydrogen-bond donors (Lipinski definition) is 7. The highest BCUT2D eigenvalue weighted by molar-refractivity contribution is 5.98. The highest BCUT2D eigenvalue weighted by Crippen LogP contribution is 2.22. The molecule has 0 aliphatic carbocycles. The third kappa shape index (κ3) is 18.8. The fourth-order valence-electron chi connectivity index (χ4n) is 9.22. The Morgan fingerprint density at radius 1 is 0.662 bits per heavy atom. The van der Waals surface area contributed by atoms with Crippen LogP contribution in [-0.4, -0.2) is 192 Å². The van der Waals surface area contributed by atoms with Gasteiger partial charge in [-0.05, 0) is 62.0 Å². The van der Waals surface area contributed by atoms with Crippen LogP contribution in [0.4, 0.5) is 0 Å². The second-order valence-electron chi connectivity index (χ2n) is 21.9. The van der Waals surface area contributed by atoms with Gasteiger partial charge in [-0.2, -0.15) is 0 Å². The minimum Gasteiger partial charge on any atom is -0.394 e. The van der Waals surface area contributed by atoms with Gasteiger partial charge in [0.1, 0.15) is 48.3 Å². The van der Waals surface area contributed by atoms with Crippen molar-refractivity contribution in [1.29, 1.82) is 0 Å². The summed E-state index contributed by atoms with van der Waals surface area (Å²) in [4.78, 5) is 144. The van der Waals surface area contributed by atoms with E-state index < -0.39 is 108 Å². The summed E-state index contributed by atoms with van der Waals surface area (Å²) in [5.74, 6) is -6.66. The lowest BCUT2D eigenvalue weighted by Gasteiger charge is -2.41. The fourth-order valence-corrected chi connectivity index (χ4v) is 9.22. The van der Waals surface area contributed by atoms with Crippen LogP contribution in [0.15, 0.2) is 60.7 Å². The first-order valence-corrected chi connectivity index (χ1v) is 27.9. The lowest BCUT2D eigenvalue weighted by atomic mass is 9.95. The largest absolute Gasteiger partial charge is 0.394 e. The highest BCUT2D eigenvalue weighted by atomic mass is 16.3. The van der Waals surface area contributed by atoms with Gasteiger partial charge in [-0.25, -0.2) is 5.43 Å². The highest BCUT2D eigenvalue weighted by Gasteiger charge is 2.44. The van der Waals surface area contributed by atoms with Crippen LogP contribution in [0.3, 0.4) is 0 Å². The number of carbonyl (C=O) groups excluding carboxylic acids is 10. The van der Waals surface area contributed by atoms with Gasteiger partial charge in [-0.3, -0.25) is 53.0 Å². The zero-order valence-electron chi connectivity index (χ0n) is 49.5. The molecule has 444 valence electrons. The van der Waals surface area contributed by atoms with Crippen molar-refractivity contribution in [2.75, 3.05) is 54.9 Å². The maximum atomic E-state index is 14.9. The Kier molecular flexibility index (Phi) is 27.2. The SMILES string of the molecule is CCC(C)C(NC(=O)[C@@H](Cc1ccccc1)N(C)C(=O)C1CCCNN1C(=O)C(CO)N(C)C(=O)C(CC(C)C)NC(=O)C(Cc1ccccc1)N(C)C(=O)C(C)NC(=O)C(C)C(C)C)C(=O)N(C)C(C)C(=O)NCCC(=O)NC. The van der Waals surface area contributed by atoms with Crippen LogP contribution in [0.1, 0.15) is 106 Å². The molecule has 2 aromatic rings. The van der Waals surface area contributed by atoms with Crippen molar-refractivity contribution >= 4 is 59.1 Å². The van der Waals surface area contributed by atoms with E-state index in [-0.39, 0.29) is 74.8 Å². The molecule has 22 nitrogen and oxygen atoms in total. The molecule has 0 radical (unpaired) electrons. The van der Waals surface area contributed by atoms with E-state index in [1.54, 1.807) is 75.4 Å². The van der Waals surface area contributed by atoms with E-state index in [1.165, 1.54) is 56.9 Å². The quantitative estimate of drug-likeness (QED) is 0.0609. The summed E-state index contributed by atoms with van der Waals surface area (Å²) in [7, 11) is 7.15. The van der Waals surface area contributed by atoms with Gasteiger partial charge in [-0.15, -0.1) is 0 Å². The van der Waals surface area contributed by atoms with Crippen molar-refractivity contribution < 1.29 is 53.1 Å². The van der Waals surface area contributed by atoms with Crippen molar-refractivity contribution in [1.82, 2.24) is 56.6 Å². The number of aliphatic hydroxyl groups is 1. The van der Waals surface area contributed by atoms with E-state index in [0.717, 1.165) is 15.5 Å². The summed E-state index contributed by atoms with van der Waals surface area (Å²) in [6.07, 6.45) is 1.24. The van der Waals surface area contributed by atoms with E-state index in [4.69, 9.17) is 0 Å². The van der Waals surface area contributed by atoms with Crippen molar-refractivity contribution in [3.05, 3.63) is 71.8 Å². The second kappa shape index (κ2) is 32.3. The van der Waals surface area contributed by atoms with Gasteiger partial charge in [0.15, 0.2) is 0 Å². The lowest BCUT2D eigenvalue weighted by molar-refractivity contribution is -0.160. The number of hydrogen-bond acceptors (Lipinski definition) is 12. The topological polar surface area (TPSA) is 279 Å². The van der Waals surface area contributed by atoms with Crippen molar-refractivity contribution in [3.63, 3.8) is 0 Å². The first-order valence-electron chi connectivity index (χ1n) is 27.9. The van der Waals surface area contributed by atoms with Crippen LogP contribution in [-0.2, 0) is 60.8 Å². The number of carbonyl (C=O) groups is 10. The summed E-state index contributed by atoms with van der Waals surface area (Å²) < 4.78 is 0. The summed E-state index contributed by atoms with van der Waals surface area (Å²) >= 11 is 0. The number of aliphatic hydroxyl groups excluding tert-OH is 1. The maximum Gasteiger partial charge on any atom is 0.262 e. The zero-order chi connectivity index (χ0) is 60.1. The molecular weight excluding hydrogens is 1030 g/mol. The second-order valence-corrected chi connectivity index (χ2v) is 21.9. The number of rotatable bonds is 29. The molecule has 1 fully saturated rings. The van der Waals surface area contributed by atoms with Crippen LogP contribution in [0, 0.1) is 23.7 Å². The van der Waals surface area contributed by atoms with Gasteiger partial charge in [-0.1, -0.05) is 116 Å². The van der Waals surface area contributed by atoms with Crippen LogP contribution < -0.4 is 32.0 Å². The molecule has 0 aromatic heterocycles. The molecule has 10 atom stereocenters. The number of benzene rings is 2. The molecule has 0 saturated carbocycles. The van der Waals surface area contributed by atoms with Crippen molar-refractivity contribution in [3.8, 4) is 0 Å². The molecule has 0 spiro atoms. The Hall–Kier alpha value is -6.94. The lowest BCUT2D eigenvalue weighted by Crippen LogP contribution is -2.66. The minimum absolute atomic E-state index is 0.00714. The molecule has 7 N–H and O–H groups in total. The molecule has 3 rings (SSSR count). The van der Waals surface area contributed by atoms with E-state index in [2.05, 4.69) is 32.0 Å². The predicted octanol–water partition coefficient (Wildman–Crippen LogP) is 1.40. The van der Waals surface area contributed by atoms with E-state index in [0.29, 0.717) is 18.4 Å². The Bertz CT molecular complexity index is 2410. The van der Waals surface area contributed by atoms with Crippen LogP contribution in [0.2, 0.25) is 0 Å². The van der Waals surface area contributed by atoms with Crippen LogP contribution >= 0.6 is 0 Å². The maximum absolute atomic E-state index is 14.9. The number of nitrogens with zero attached hydrogens (tertiary/aromatic N) is 5. The van der Waals surface area contributed by atoms with E-state index in [1.807, 2.05) is 40.7 Å². The Balaban J connectivity index is 1.94. The van der Waals surface area contributed by atoms with Crippen molar-refractivity contribution in [2.24, 2.45) is 23.7 Å². The average molecular weight is 1120 g/mol. The van der Waals surface area contributed by atoms with Gasteiger partial charge in [0.25, 0.3) is 5.91 Å². The molecule has 1 saturated heterocycles. The first-order chi connectivity index (χ1) is 37.7.